The molecule has 1 heteroatoms. The van der Waals surface area contributed by atoms with Crippen LogP contribution in [0.2, 0.25) is 0 Å². The van der Waals surface area contributed by atoms with Gasteiger partial charge in [-0.15, -0.1) is 0 Å². The first kappa shape index (κ1) is 12.2. The van der Waals surface area contributed by atoms with E-state index in [4.69, 9.17) is 0 Å². The van der Waals surface area contributed by atoms with Crippen molar-refractivity contribution in [3.8, 4) is 0 Å². The molecule has 0 saturated heterocycles. The fourth-order valence-electron chi connectivity index (χ4n) is 4.12. The van der Waals surface area contributed by atoms with Gasteiger partial charge in [0.2, 0.25) is 0 Å². The van der Waals surface area contributed by atoms with Crippen LogP contribution in [0.25, 0.3) is 0 Å². The molecule has 1 aromatic rings. The smallest absolute Gasteiger partial charge is 0.0823 e. The molecule has 0 radical (unpaired) electrons. The quantitative estimate of drug-likeness (QED) is 0.788. The molecule has 3 rings (SSSR count). The van der Waals surface area contributed by atoms with Gasteiger partial charge in [-0.05, 0) is 48.1 Å². The highest BCUT2D eigenvalue weighted by molar-refractivity contribution is 5.32. The standard InChI is InChI=1S/C17H24O/c1-12-5-4-7-14(11-12)16-10-9-13-6-2-3-8-15(13)17(16)18/h2-3,6,8,12,14,16-18H,4-5,7,9-11H2,1H3. The average molecular weight is 244 g/mol. The number of hydrogen-bond donors (Lipinski definition) is 1. The molecule has 1 saturated carbocycles. The molecule has 0 bridgehead atoms. The van der Waals surface area contributed by atoms with E-state index in [1.807, 2.05) is 0 Å². The summed E-state index contributed by atoms with van der Waals surface area (Å²) < 4.78 is 0. The van der Waals surface area contributed by atoms with Crippen LogP contribution in [-0.4, -0.2) is 5.11 Å². The molecule has 0 spiro atoms. The molecule has 18 heavy (non-hydrogen) atoms. The molecule has 1 nitrogen and oxygen atoms in total. The lowest BCUT2D eigenvalue weighted by atomic mass is 9.68. The second kappa shape index (κ2) is 5.05. The third-order valence-electron chi connectivity index (χ3n) is 5.11. The van der Waals surface area contributed by atoms with Crippen molar-refractivity contribution in [1.29, 1.82) is 0 Å². The van der Waals surface area contributed by atoms with Gasteiger partial charge in [0.15, 0.2) is 0 Å². The van der Waals surface area contributed by atoms with Crippen molar-refractivity contribution < 1.29 is 5.11 Å². The lowest BCUT2D eigenvalue weighted by molar-refractivity contribution is 0.0367. The Hall–Kier alpha value is -0.820. The maximum atomic E-state index is 10.7. The van der Waals surface area contributed by atoms with Crippen LogP contribution in [-0.2, 0) is 6.42 Å². The molecule has 1 aromatic carbocycles. The molecule has 0 amide bonds. The van der Waals surface area contributed by atoms with Crippen molar-refractivity contribution in [3.63, 3.8) is 0 Å². The summed E-state index contributed by atoms with van der Waals surface area (Å²) in [5, 5.41) is 10.7. The Labute approximate surface area is 110 Å². The summed E-state index contributed by atoms with van der Waals surface area (Å²) in [4.78, 5) is 0. The molecular weight excluding hydrogens is 220 g/mol. The SMILES string of the molecule is CC1CCCC(C2CCc3ccccc3C2O)C1. The van der Waals surface area contributed by atoms with Crippen LogP contribution in [0.15, 0.2) is 24.3 Å². The van der Waals surface area contributed by atoms with Crippen molar-refractivity contribution in [2.24, 2.45) is 17.8 Å². The summed E-state index contributed by atoms with van der Waals surface area (Å²) in [6.07, 6.45) is 7.51. The minimum Gasteiger partial charge on any atom is -0.388 e. The largest absolute Gasteiger partial charge is 0.388 e. The molecule has 2 aliphatic rings. The average Bonchev–Trinajstić information content (AvgIpc) is 2.39. The topological polar surface area (TPSA) is 20.2 Å². The molecule has 4 atom stereocenters. The number of aryl methyl sites for hydroxylation is 1. The van der Waals surface area contributed by atoms with E-state index in [-0.39, 0.29) is 6.10 Å². The molecule has 1 N–H and O–H groups in total. The second-order valence-electron chi connectivity index (χ2n) is 6.38. The van der Waals surface area contributed by atoms with Crippen LogP contribution in [0, 0.1) is 17.8 Å². The van der Waals surface area contributed by atoms with Gasteiger partial charge in [-0.1, -0.05) is 50.5 Å². The predicted molar refractivity (Wildman–Crippen MR) is 74.3 cm³/mol. The van der Waals surface area contributed by atoms with Crippen LogP contribution >= 0.6 is 0 Å². The number of rotatable bonds is 1. The Morgan fingerprint density at radius 3 is 2.78 bits per heavy atom. The first-order valence-corrected chi connectivity index (χ1v) is 7.51. The van der Waals surface area contributed by atoms with E-state index in [1.165, 1.54) is 43.2 Å². The number of hydrogen-bond acceptors (Lipinski definition) is 1. The van der Waals surface area contributed by atoms with Gasteiger partial charge in [0.1, 0.15) is 0 Å². The highest BCUT2D eigenvalue weighted by Gasteiger charge is 2.35. The van der Waals surface area contributed by atoms with Crippen molar-refractivity contribution in [2.75, 3.05) is 0 Å². The number of aliphatic hydroxyl groups is 1. The fourth-order valence-corrected chi connectivity index (χ4v) is 4.12. The van der Waals surface area contributed by atoms with E-state index < -0.39 is 0 Å². The zero-order valence-electron chi connectivity index (χ0n) is 11.3. The second-order valence-corrected chi connectivity index (χ2v) is 6.38. The Bertz CT molecular complexity index is 412. The summed E-state index contributed by atoms with van der Waals surface area (Å²) in [6.45, 7) is 2.37. The van der Waals surface area contributed by atoms with Crippen LogP contribution in [0.4, 0.5) is 0 Å². The monoisotopic (exact) mass is 244 g/mol. The minimum atomic E-state index is -0.217. The zero-order chi connectivity index (χ0) is 12.5. The third kappa shape index (κ3) is 2.21. The first-order valence-electron chi connectivity index (χ1n) is 7.51. The molecule has 0 heterocycles. The summed E-state index contributed by atoms with van der Waals surface area (Å²) in [7, 11) is 0. The van der Waals surface area contributed by atoms with E-state index in [0.717, 1.165) is 18.3 Å². The normalized spacial score (nSPS) is 36.1. The highest BCUT2D eigenvalue weighted by Crippen LogP contribution is 2.44. The molecule has 1 fully saturated rings. The Morgan fingerprint density at radius 1 is 1.11 bits per heavy atom. The van der Waals surface area contributed by atoms with Gasteiger partial charge < -0.3 is 5.11 Å². The van der Waals surface area contributed by atoms with E-state index in [1.54, 1.807) is 0 Å². The molecule has 0 aliphatic heterocycles. The van der Waals surface area contributed by atoms with E-state index in [9.17, 15) is 5.11 Å². The summed E-state index contributed by atoms with van der Waals surface area (Å²) in [5.74, 6) is 2.10. The fraction of sp³-hybridized carbons (Fsp3) is 0.647. The highest BCUT2D eigenvalue weighted by atomic mass is 16.3. The van der Waals surface area contributed by atoms with Crippen LogP contribution in [0.1, 0.15) is 56.3 Å². The third-order valence-corrected chi connectivity index (χ3v) is 5.11. The van der Waals surface area contributed by atoms with Crippen LogP contribution in [0.3, 0.4) is 0 Å². The lowest BCUT2D eigenvalue weighted by Crippen LogP contribution is -2.30. The van der Waals surface area contributed by atoms with Gasteiger partial charge in [-0.2, -0.15) is 0 Å². The van der Waals surface area contributed by atoms with Crippen molar-refractivity contribution in [3.05, 3.63) is 35.4 Å². The molecule has 2 aliphatic carbocycles. The minimum absolute atomic E-state index is 0.217. The van der Waals surface area contributed by atoms with Crippen molar-refractivity contribution in [2.45, 2.75) is 51.6 Å². The van der Waals surface area contributed by atoms with Gasteiger partial charge in [0.25, 0.3) is 0 Å². The van der Waals surface area contributed by atoms with E-state index in [2.05, 4.69) is 31.2 Å². The molecule has 0 aromatic heterocycles. The van der Waals surface area contributed by atoms with Crippen LogP contribution in [0.5, 0.6) is 0 Å². The maximum Gasteiger partial charge on any atom is 0.0823 e. The van der Waals surface area contributed by atoms with Gasteiger partial charge in [-0.25, -0.2) is 0 Å². The number of fused-ring (bicyclic) bond motifs is 1. The summed E-state index contributed by atoms with van der Waals surface area (Å²) >= 11 is 0. The van der Waals surface area contributed by atoms with E-state index >= 15 is 0 Å². The number of aliphatic hydroxyl groups excluding tert-OH is 1. The van der Waals surface area contributed by atoms with Gasteiger partial charge in [0.05, 0.1) is 6.10 Å². The molecule has 4 unspecified atom stereocenters. The Balaban J connectivity index is 1.79. The molecule has 98 valence electrons. The lowest BCUT2D eigenvalue weighted by Gasteiger charge is -2.39. The summed E-state index contributed by atoms with van der Waals surface area (Å²) in [6, 6.07) is 8.46. The summed E-state index contributed by atoms with van der Waals surface area (Å²) in [5.41, 5.74) is 2.57. The maximum absolute atomic E-state index is 10.7. The first-order chi connectivity index (χ1) is 8.75. The van der Waals surface area contributed by atoms with Crippen molar-refractivity contribution >= 4 is 0 Å². The van der Waals surface area contributed by atoms with Crippen LogP contribution < -0.4 is 0 Å². The zero-order valence-corrected chi connectivity index (χ0v) is 11.3. The predicted octanol–water partition coefficient (Wildman–Crippen LogP) is 4.11. The van der Waals surface area contributed by atoms with E-state index in [0.29, 0.717) is 5.92 Å². The van der Waals surface area contributed by atoms with Gasteiger partial charge in [0, 0.05) is 0 Å². The Morgan fingerprint density at radius 2 is 1.94 bits per heavy atom. The number of benzene rings is 1. The van der Waals surface area contributed by atoms with Gasteiger partial charge >= 0.3 is 0 Å². The Kier molecular flexibility index (Phi) is 3.43. The van der Waals surface area contributed by atoms with Crippen molar-refractivity contribution in [1.82, 2.24) is 0 Å². The van der Waals surface area contributed by atoms with Gasteiger partial charge in [-0.3, -0.25) is 0 Å². The molecular formula is C17H24O.